The summed E-state index contributed by atoms with van der Waals surface area (Å²) in [4.78, 5) is 17.1. The number of halogens is 2. The molecule has 5 nitrogen and oxygen atoms in total. The second kappa shape index (κ2) is 6.75. The molecule has 4 rings (SSSR count). The Morgan fingerprint density at radius 1 is 1.07 bits per heavy atom. The molecule has 0 fully saturated rings. The standard InChI is InChI=1S/C20H15F2N3O2/c1-2-9-25-11-16(18(26)15-10-14(22)7-8-17(15)25)20-23-19(24-27-20)12-3-5-13(21)6-4-12/h3-8,10-11H,2,9H2,1H3. The van der Waals surface area contributed by atoms with Crippen molar-refractivity contribution in [2.24, 2.45) is 0 Å². The van der Waals surface area contributed by atoms with Crippen LogP contribution >= 0.6 is 0 Å². The third-order valence-electron chi connectivity index (χ3n) is 4.27. The van der Waals surface area contributed by atoms with Crippen molar-refractivity contribution in [1.29, 1.82) is 0 Å². The molecule has 136 valence electrons. The molecule has 7 heteroatoms. The van der Waals surface area contributed by atoms with E-state index in [4.69, 9.17) is 4.52 Å². The molecule has 0 N–H and O–H groups in total. The van der Waals surface area contributed by atoms with Gasteiger partial charge < -0.3 is 9.09 Å². The Hall–Kier alpha value is -3.35. The number of aryl methyl sites for hydroxylation is 1. The van der Waals surface area contributed by atoms with Gasteiger partial charge in [-0.15, -0.1) is 0 Å². The molecular weight excluding hydrogens is 352 g/mol. The Morgan fingerprint density at radius 3 is 2.56 bits per heavy atom. The van der Waals surface area contributed by atoms with E-state index in [9.17, 15) is 13.6 Å². The lowest BCUT2D eigenvalue weighted by Crippen LogP contribution is -2.12. The van der Waals surface area contributed by atoms with Gasteiger partial charge in [-0.25, -0.2) is 8.78 Å². The fraction of sp³-hybridized carbons (Fsp3) is 0.150. The number of hydrogen-bond donors (Lipinski definition) is 0. The van der Waals surface area contributed by atoms with Gasteiger partial charge in [-0.05, 0) is 48.9 Å². The number of nitrogens with zero attached hydrogens (tertiary/aromatic N) is 3. The largest absolute Gasteiger partial charge is 0.346 e. The SMILES string of the molecule is CCCn1cc(-c2nc(-c3ccc(F)cc3)no2)c(=O)c2cc(F)ccc21. The molecule has 0 saturated carbocycles. The second-order valence-electron chi connectivity index (χ2n) is 6.16. The van der Waals surface area contributed by atoms with Gasteiger partial charge >= 0.3 is 0 Å². The maximum absolute atomic E-state index is 13.7. The summed E-state index contributed by atoms with van der Waals surface area (Å²) >= 11 is 0. The average molecular weight is 367 g/mol. The van der Waals surface area contributed by atoms with Crippen LogP contribution in [0.2, 0.25) is 0 Å². The molecule has 0 saturated heterocycles. The normalized spacial score (nSPS) is 11.2. The highest BCUT2D eigenvalue weighted by atomic mass is 19.1. The van der Waals surface area contributed by atoms with E-state index in [2.05, 4.69) is 10.1 Å². The third kappa shape index (κ3) is 3.12. The first-order valence-corrected chi connectivity index (χ1v) is 8.49. The fourth-order valence-electron chi connectivity index (χ4n) is 3.00. The highest BCUT2D eigenvalue weighted by Crippen LogP contribution is 2.23. The molecule has 0 spiro atoms. The Morgan fingerprint density at radius 2 is 1.81 bits per heavy atom. The zero-order chi connectivity index (χ0) is 19.0. The van der Waals surface area contributed by atoms with Crippen molar-refractivity contribution >= 4 is 10.9 Å². The van der Waals surface area contributed by atoms with E-state index in [1.807, 2.05) is 11.5 Å². The van der Waals surface area contributed by atoms with Crippen molar-refractivity contribution in [1.82, 2.24) is 14.7 Å². The average Bonchev–Trinajstić information content (AvgIpc) is 3.14. The first-order valence-electron chi connectivity index (χ1n) is 8.49. The van der Waals surface area contributed by atoms with Gasteiger partial charge in [-0.3, -0.25) is 4.79 Å². The molecule has 0 bridgehead atoms. The predicted octanol–water partition coefficient (Wildman–Crippen LogP) is 4.41. The van der Waals surface area contributed by atoms with Gasteiger partial charge in [0, 0.05) is 23.7 Å². The predicted molar refractivity (Wildman–Crippen MR) is 97.1 cm³/mol. The molecule has 4 aromatic rings. The fourth-order valence-corrected chi connectivity index (χ4v) is 3.00. The molecule has 27 heavy (non-hydrogen) atoms. The van der Waals surface area contributed by atoms with E-state index in [0.717, 1.165) is 6.42 Å². The van der Waals surface area contributed by atoms with Crippen LogP contribution in [0.3, 0.4) is 0 Å². The van der Waals surface area contributed by atoms with Crippen LogP contribution in [0.5, 0.6) is 0 Å². The van der Waals surface area contributed by atoms with E-state index in [-0.39, 0.29) is 33.9 Å². The number of rotatable bonds is 4. The van der Waals surface area contributed by atoms with Crippen LogP contribution in [-0.4, -0.2) is 14.7 Å². The van der Waals surface area contributed by atoms with Crippen molar-refractivity contribution in [3.8, 4) is 22.8 Å². The smallest absolute Gasteiger partial charge is 0.263 e. The van der Waals surface area contributed by atoms with E-state index in [0.29, 0.717) is 17.6 Å². The summed E-state index contributed by atoms with van der Waals surface area (Å²) in [5.74, 6) is -0.583. The number of pyridine rings is 1. The number of hydrogen-bond acceptors (Lipinski definition) is 4. The van der Waals surface area contributed by atoms with Gasteiger partial charge in [0.15, 0.2) is 0 Å². The summed E-state index contributed by atoms with van der Waals surface area (Å²) in [6.07, 6.45) is 2.48. The van der Waals surface area contributed by atoms with Gasteiger partial charge in [0.2, 0.25) is 11.3 Å². The summed E-state index contributed by atoms with van der Waals surface area (Å²) in [6.45, 7) is 2.65. The van der Waals surface area contributed by atoms with Crippen molar-refractivity contribution in [3.63, 3.8) is 0 Å². The van der Waals surface area contributed by atoms with Crippen molar-refractivity contribution in [2.45, 2.75) is 19.9 Å². The number of fused-ring (bicyclic) bond motifs is 1. The van der Waals surface area contributed by atoms with Crippen LogP contribution < -0.4 is 5.43 Å². The lowest BCUT2D eigenvalue weighted by Gasteiger charge is -2.11. The molecule has 2 aromatic heterocycles. The molecular formula is C20H15F2N3O2. The van der Waals surface area contributed by atoms with E-state index >= 15 is 0 Å². The lowest BCUT2D eigenvalue weighted by atomic mass is 10.1. The molecule has 2 aromatic carbocycles. The number of benzene rings is 2. The van der Waals surface area contributed by atoms with Crippen LogP contribution in [0, 0.1) is 11.6 Å². The molecule has 0 aliphatic heterocycles. The number of aromatic nitrogens is 3. The van der Waals surface area contributed by atoms with Crippen LogP contribution in [0.15, 0.2) is 58.0 Å². The molecule has 0 atom stereocenters. The zero-order valence-corrected chi connectivity index (χ0v) is 14.4. The summed E-state index contributed by atoms with van der Waals surface area (Å²) < 4.78 is 33.9. The maximum atomic E-state index is 13.7. The van der Waals surface area contributed by atoms with Crippen LogP contribution in [0.4, 0.5) is 8.78 Å². The first kappa shape index (κ1) is 17.1. The van der Waals surface area contributed by atoms with Crippen molar-refractivity contribution in [3.05, 3.63) is 70.5 Å². The van der Waals surface area contributed by atoms with E-state index in [1.165, 1.54) is 36.4 Å². The van der Waals surface area contributed by atoms with Crippen molar-refractivity contribution < 1.29 is 13.3 Å². The highest BCUT2D eigenvalue weighted by molar-refractivity contribution is 5.83. The lowest BCUT2D eigenvalue weighted by molar-refractivity contribution is 0.431. The van der Waals surface area contributed by atoms with E-state index in [1.54, 1.807) is 12.3 Å². The topological polar surface area (TPSA) is 60.9 Å². The van der Waals surface area contributed by atoms with Crippen LogP contribution in [0.25, 0.3) is 33.7 Å². The monoisotopic (exact) mass is 367 g/mol. The maximum Gasteiger partial charge on any atom is 0.263 e. The van der Waals surface area contributed by atoms with Gasteiger partial charge in [-0.2, -0.15) is 4.98 Å². The zero-order valence-electron chi connectivity index (χ0n) is 14.4. The molecule has 0 aliphatic carbocycles. The summed E-state index contributed by atoms with van der Waals surface area (Å²) in [5.41, 5.74) is 1.02. The quantitative estimate of drug-likeness (QED) is 0.536. The van der Waals surface area contributed by atoms with Gasteiger partial charge in [-0.1, -0.05) is 12.1 Å². The summed E-state index contributed by atoms with van der Waals surface area (Å²) in [7, 11) is 0. The third-order valence-corrected chi connectivity index (χ3v) is 4.27. The van der Waals surface area contributed by atoms with Gasteiger partial charge in [0.1, 0.15) is 17.2 Å². The Balaban J connectivity index is 1.87. The molecule has 2 heterocycles. The Labute approximate surface area is 152 Å². The molecule has 0 unspecified atom stereocenters. The minimum atomic E-state index is -0.489. The second-order valence-corrected chi connectivity index (χ2v) is 6.16. The molecule has 0 aliphatic rings. The van der Waals surface area contributed by atoms with E-state index < -0.39 is 5.82 Å². The molecule has 0 amide bonds. The van der Waals surface area contributed by atoms with Crippen LogP contribution in [-0.2, 0) is 6.54 Å². The van der Waals surface area contributed by atoms with Gasteiger partial charge in [0.05, 0.1) is 5.52 Å². The molecule has 0 radical (unpaired) electrons. The highest BCUT2D eigenvalue weighted by Gasteiger charge is 2.17. The minimum absolute atomic E-state index is 0.0374. The Kier molecular flexibility index (Phi) is 4.27. The first-order chi connectivity index (χ1) is 13.1. The van der Waals surface area contributed by atoms with Crippen molar-refractivity contribution in [2.75, 3.05) is 0 Å². The Bertz CT molecular complexity index is 1180. The summed E-state index contributed by atoms with van der Waals surface area (Å²) in [6, 6.07) is 9.75. The minimum Gasteiger partial charge on any atom is -0.346 e. The van der Waals surface area contributed by atoms with Gasteiger partial charge in [0.25, 0.3) is 5.89 Å². The summed E-state index contributed by atoms with van der Waals surface area (Å²) in [5, 5.41) is 4.13. The van der Waals surface area contributed by atoms with Crippen LogP contribution in [0.1, 0.15) is 13.3 Å².